The topological polar surface area (TPSA) is 31.4 Å². The Labute approximate surface area is 208 Å². The molecule has 0 radical (unpaired) electrons. The van der Waals surface area contributed by atoms with Crippen molar-refractivity contribution in [3.05, 3.63) is 53.7 Å². The summed E-state index contributed by atoms with van der Waals surface area (Å²) in [5.74, 6) is 1.14. The van der Waals surface area contributed by atoms with Crippen molar-refractivity contribution in [2.75, 3.05) is 13.2 Å². The minimum Gasteiger partial charge on any atom is -0.348 e. The Balaban J connectivity index is 1.55. The van der Waals surface area contributed by atoms with Crippen molar-refractivity contribution in [2.45, 2.75) is 110 Å². The highest BCUT2D eigenvalue weighted by atomic mass is 16.7. The lowest BCUT2D eigenvalue weighted by atomic mass is 9.86. The summed E-state index contributed by atoms with van der Waals surface area (Å²) in [5, 5.41) is 0. The van der Waals surface area contributed by atoms with Gasteiger partial charge in [-0.2, -0.15) is 0 Å². The fourth-order valence-corrected chi connectivity index (χ4v) is 5.16. The molecular weight excluding hydrogens is 418 g/mol. The number of hydrogen-bond acceptors (Lipinski definition) is 3. The first-order chi connectivity index (χ1) is 16.8. The lowest BCUT2D eigenvalue weighted by Gasteiger charge is -2.29. The van der Waals surface area contributed by atoms with E-state index in [2.05, 4.69) is 57.2 Å². The predicted molar refractivity (Wildman–Crippen MR) is 143 cm³/mol. The molecule has 2 heterocycles. The Morgan fingerprint density at radius 3 is 2.24 bits per heavy atom. The highest BCUT2D eigenvalue weighted by Crippen LogP contribution is 2.35. The average molecular weight is 466 g/mol. The maximum Gasteiger partial charge on any atom is 0.185 e. The highest BCUT2D eigenvalue weighted by molar-refractivity contribution is 5.64. The lowest BCUT2D eigenvalue weighted by Crippen LogP contribution is -2.27. The van der Waals surface area contributed by atoms with E-state index in [0.29, 0.717) is 11.8 Å². The van der Waals surface area contributed by atoms with Gasteiger partial charge in [-0.05, 0) is 36.8 Å². The maximum absolute atomic E-state index is 6.09. The molecule has 1 fully saturated rings. The first-order valence-electron chi connectivity index (χ1n) is 14.0. The predicted octanol–water partition coefficient (Wildman–Crippen LogP) is 9.23. The zero-order valence-corrected chi connectivity index (χ0v) is 21.9. The van der Waals surface area contributed by atoms with E-state index in [1.54, 1.807) is 0 Å². The third-order valence-electron chi connectivity index (χ3n) is 7.21. The molecule has 1 aromatic heterocycles. The largest absolute Gasteiger partial charge is 0.348 e. The first kappa shape index (κ1) is 26.9. The molecule has 0 N–H and O–H groups in total. The van der Waals surface area contributed by atoms with Crippen LogP contribution in [0.5, 0.6) is 0 Å². The number of hydrogen-bond donors (Lipinski definition) is 0. The number of rotatable bonds is 15. The van der Waals surface area contributed by atoms with Gasteiger partial charge >= 0.3 is 0 Å². The van der Waals surface area contributed by atoms with Crippen molar-refractivity contribution in [2.24, 2.45) is 5.92 Å². The normalized spacial score (nSPS) is 19.3. The van der Waals surface area contributed by atoms with Crippen LogP contribution >= 0.6 is 0 Å². The number of ether oxygens (including phenoxy) is 2. The second kappa shape index (κ2) is 15.3. The maximum atomic E-state index is 6.09. The smallest absolute Gasteiger partial charge is 0.185 e. The third-order valence-corrected chi connectivity index (χ3v) is 7.21. The summed E-state index contributed by atoms with van der Waals surface area (Å²) in [4.78, 5) is 4.85. The number of benzene rings is 1. The Kier molecular flexibility index (Phi) is 12.1. The molecule has 1 aromatic carbocycles. The molecule has 1 aliphatic heterocycles. The van der Waals surface area contributed by atoms with Crippen molar-refractivity contribution < 1.29 is 9.47 Å². The molecule has 3 rings (SSSR count). The van der Waals surface area contributed by atoms with Gasteiger partial charge < -0.3 is 9.47 Å². The van der Waals surface area contributed by atoms with Crippen molar-refractivity contribution in [1.82, 2.24) is 4.98 Å². The summed E-state index contributed by atoms with van der Waals surface area (Å²) in [6.45, 7) is 8.42. The minimum absolute atomic E-state index is 0.282. The van der Waals surface area contributed by atoms with E-state index in [4.69, 9.17) is 14.5 Å². The molecule has 0 spiro atoms. The van der Waals surface area contributed by atoms with E-state index in [-0.39, 0.29) is 6.29 Å². The summed E-state index contributed by atoms with van der Waals surface area (Å²) in [6.07, 6.45) is 17.2. The molecule has 3 heteroatoms. The van der Waals surface area contributed by atoms with Gasteiger partial charge in [0.2, 0.25) is 0 Å². The molecule has 1 aliphatic rings. The monoisotopic (exact) mass is 465 g/mol. The molecule has 0 amide bonds. The average Bonchev–Trinajstić information content (AvgIpc) is 2.89. The van der Waals surface area contributed by atoms with Gasteiger partial charge in [0.25, 0.3) is 0 Å². The lowest BCUT2D eigenvalue weighted by molar-refractivity contribution is -0.206. The molecule has 188 valence electrons. The second-order valence-corrected chi connectivity index (χ2v) is 10.1. The number of aromatic nitrogens is 1. The van der Waals surface area contributed by atoms with Crippen LogP contribution in [-0.2, 0) is 9.47 Å². The van der Waals surface area contributed by atoms with Crippen molar-refractivity contribution >= 4 is 0 Å². The molecule has 0 bridgehead atoms. The van der Waals surface area contributed by atoms with Crippen LogP contribution in [-0.4, -0.2) is 18.2 Å². The zero-order chi connectivity index (χ0) is 24.0. The summed E-state index contributed by atoms with van der Waals surface area (Å²) in [5.41, 5.74) is 4.79. The Morgan fingerprint density at radius 1 is 0.794 bits per heavy atom. The summed E-state index contributed by atoms with van der Waals surface area (Å²) in [7, 11) is 0. The molecule has 1 saturated heterocycles. The fourth-order valence-electron chi connectivity index (χ4n) is 5.16. The van der Waals surface area contributed by atoms with Crippen LogP contribution in [0.25, 0.3) is 11.3 Å². The van der Waals surface area contributed by atoms with E-state index in [9.17, 15) is 0 Å². The number of nitrogens with zero attached hydrogens (tertiary/aromatic N) is 1. The number of pyridine rings is 1. The highest BCUT2D eigenvalue weighted by Gasteiger charge is 2.24. The Morgan fingerprint density at radius 2 is 1.53 bits per heavy atom. The van der Waals surface area contributed by atoms with Crippen LogP contribution in [0, 0.1) is 5.92 Å². The van der Waals surface area contributed by atoms with Gasteiger partial charge in [-0.3, -0.25) is 4.98 Å². The summed E-state index contributed by atoms with van der Waals surface area (Å²) in [6, 6.07) is 13.1. The molecule has 2 aromatic rings. The molecule has 1 atom stereocenters. The van der Waals surface area contributed by atoms with Crippen LogP contribution in [0.1, 0.15) is 121 Å². The van der Waals surface area contributed by atoms with Crippen LogP contribution in [0.15, 0.2) is 42.6 Å². The first-order valence-corrected chi connectivity index (χ1v) is 14.0. The van der Waals surface area contributed by atoms with Gasteiger partial charge in [0.15, 0.2) is 6.29 Å². The molecular formula is C31H47NO2. The van der Waals surface area contributed by atoms with Crippen LogP contribution in [0.4, 0.5) is 0 Å². The van der Waals surface area contributed by atoms with E-state index in [0.717, 1.165) is 24.5 Å². The number of unbranched alkanes of at least 4 members (excludes halogenated alkanes) is 6. The Hall–Kier alpha value is -1.71. The van der Waals surface area contributed by atoms with Gasteiger partial charge in [-0.1, -0.05) is 109 Å². The van der Waals surface area contributed by atoms with Crippen LogP contribution in [0.3, 0.4) is 0 Å². The standard InChI is InChI=1S/C31H47NO2/c1-4-7-9-10-11-12-16-25-23-33-31(34-24-25)27-20-21-30(32-22-27)29-19-14-13-18-28(29)26(15-6-3)17-8-5-2/h13-14,18-22,25-26,31H,4-12,15-17,23-24H2,1-3H3/t25-,26?,31-. The second-order valence-electron chi connectivity index (χ2n) is 10.1. The van der Waals surface area contributed by atoms with Gasteiger partial charge in [0.05, 0.1) is 18.9 Å². The van der Waals surface area contributed by atoms with E-state index < -0.39 is 0 Å². The quantitative estimate of drug-likeness (QED) is 0.246. The van der Waals surface area contributed by atoms with Crippen LogP contribution < -0.4 is 0 Å². The van der Waals surface area contributed by atoms with Crippen LogP contribution in [0.2, 0.25) is 0 Å². The van der Waals surface area contributed by atoms with Gasteiger partial charge in [-0.15, -0.1) is 0 Å². The van der Waals surface area contributed by atoms with E-state index >= 15 is 0 Å². The van der Waals surface area contributed by atoms with E-state index in [1.807, 2.05) is 6.20 Å². The van der Waals surface area contributed by atoms with Gasteiger partial charge in [0.1, 0.15) is 0 Å². The zero-order valence-electron chi connectivity index (χ0n) is 21.9. The SMILES string of the molecule is CCCCCCCC[C@H]1CO[C@H](c2ccc(-c3ccccc3C(CCC)CCCC)nc2)OC1. The van der Waals surface area contributed by atoms with E-state index in [1.165, 1.54) is 88.2 Å². The minimum atomic E-state index is -0.282. The van der Waals surface area contributed by atoms with Crippen molar-refractivity contribution in [3.63, 3.8) is 0 Å². The van der Waals surface area contributed by atoms with Gasteiger partial charge in [0, 0.05) is 23.2 Å². The van der Waals surface area contributed by atoms with Gasteiger partial charge in [-0.25, -0.2) is 0 Å². The molecule has 34 heavy (non-hydrogen) atoms. The molecule has 3 nitrogen and oxygen atoms in total. The summed E-state index contributed by atoms with van der Waals surface area (Å²) < 4.78 is 12.2. The third kappa shape index (κ3) is 8.20. The Bertz CT molecular complexity index is 795. The molecule has 1 unspecified atom stereocenters. The fraction of sp³-hybridized carbons (Fsp3) is 0.645. The molecule has 0 saturated carbocycles. The van der Waals surface area contributed by atoms with Crippen molar-refractivity contribution in [3.8, 4) is 11.3 Å². The molecule has 0 aliphatic carbocycles. The summed E-state index contributed by atoms with van der Waals surface area (Å²) >= 11 is 0. The van der Waals surface area contributed by atoms with Crippen molar-refractivity contribution in [1.29, 1.82) is 0 Å².